The van der Waals surface area contributed by atoms with Crippen molar-refractivity contribution >= 4 is 43.9 Å². The zero-order chi connectivity index (χ0) is 21.4. The Morgan fingerprint density at radius 2 is 1.90 bits per heavy atom. The van der Waals surface area contributed by atoms with Crippen molar-refractivity contribution in [3.8, 4) is 0 Å². The van der Waals surface area contributed by atoms with E-state index < -0.39 is 0 Å². The summed E-state index contributed by atoms with van der Waals surface area (Å²) in [5.74, 6) is -0.0367. The number of thiazole rings is 1. The number of hydrogen-bond acceptors (Lipinski definition) is 6. The fourth-order valence-corrected chi connectivity index (χ4v) is 6.96. The first-order valence-electron chi connectivity index (χ1n) is 11.0. The van der Waals surface area contributed by atoms with Crippen molar-refractivity contribution in [2.24, 2.45) is 0 Å². The van der Waals surface area contributed by atoms with Crippen LogP contribution in [-0.4, -0.2) is 27.0 Å². The maximum atomic E-state index is 13.2. The van der Waals surface area contributed by atoms with Crippen molar-refractivity contribution in [2.75, 3.05) is 11.4 Å². The molecule has 0 saturated carbocycles. The summed E-state index contributed by atoms with van der Waals surface area (Å²) in [6, 6.07) is 0. The van der Waals surface area contributed by atoms with E-state index in [4.69, 9.17) is 4.98 Å². The highest BCUT2D eigenvalue weighted by molar-refractivity contribution is 7.18. The Morgan fingerprint density at radius 1 is 1.13 bits per heavy atom. The molecule has 31 heavy (non-hydrogen) atoms. The SMILES string of the molecule is C=CCN(C(=O)CCn1cnc2sc3c(c2c1=O)CCCC3)c1nc2c(s1)CCCC2. The Kier molecular flexibility index (Phi) is 5.75. The molecular formula is C23H26N4O2S2. The number of nitrogens with zero attached hydrogens (tertiary/aromatic N) is 4. The van der Waals surface area contributed by atoms with Gasteiger partial charge in [-0.3, -0.25) is 19.1 Å². The molecule has 0 saturated heterocycles. The van der Waals surface area contributed by atoms with Crippen molar-refractivity contribution in [1.82, 2.24) is 14.5 Å². The summed E-state index contributed by atoms with van der Waals surface area (Å²) >= 11 is 3.27. The lowest BCUT2D eigenvalue weighted by molar-refractivity contribution is -0.118. The van der Waals surface area contributed by atoms with E-state index in [1.165, 1.54) is 28.2 Å². The van der Waals surface area contributed by atoms with E-state index in [2.05, 4.69) is 11.6 Å². The number of rotatable bonds is 6. The van der Waals surface area contributed by atoms with E-state index in [-0.39, 0.29) is 17.9 Å². The predicted molar refractivity (Wildman–Crippen MR) is 126 cm³/mol. The van der Waals surface area contributed by atoms with Gasteiger partial charge in [0.05, 0.1) is 17.4 Å². The van der Waals surface area contributed by atoms with Gasteiger partial charge in [0.2, 0.25) is 5.91 Å². The predicted octanol–water partition coefficient (Wildman–Crippen LogP) is 4.28. The molecule has 1 amide bonds. The number of carbonyl (C=O) groups excluding carboxylic acids is 1. The molecule has 0 aromatic carbocycles. The van der Waals surface area contributed by atoms with Crippen LogP contribution in [0.3, 0.4) is 0 Å². The van der Waals surface area contributed by atoms with E-state index >= 15 is 0 Å². The minimum atomic E-state index is -0.0367. The number of thiophene rings is 1. The van der Waals surface area contributed by atoms with E-state index in [1.807, 2.05) is 0 Å². The molecule has 8 heteroatoms. The van der Waals surface area contributed by atoms with E-state index in [1.54, 1.807) is 44.5 Å². The van der Waals surface area contributed by atoms with Gasteiger partial charge in [0.15, 0.2) is 5.13 Å². The summed E-state index contributed by atoms with van der Waals surface area (Å²) in [4.78, 5) is 40.7. The Hall–Kier alpha value is -2.32. The van der Waals surface area contributed by atoms with Crippen LogP contribution < -0.4 is 10.5 Å². The Morgan fingerprint density at radius 3 is 2.71 bits per heavy atom. The van der Waals surface area contributed by atoms with Crippen LogP contribution in [0.5, 0.6) is 0 Å². The second-order valence-electron chi connectivity index (χ2n) is 8.25. The van der Waals surface area contributed by atoms with Crippen LogP contribution in [0.2, 0.25) is 0 Å². The summed E-state index contributed by atoms with van der Waals surface area (Å²) in [5, 5.41) is 1.52. The van der Waals surface area contributed by atoms with Crippen LogP contribution in [0.4, 0.5) is 5.13 Å². The fourth-order valence-electron chi connectivity index (χ4n) is 4.56. The van der Waals surface area contributed by atoms with Gasteiger partial charge in [0, 0.05) is 29.3 Å². The van der Waals surface area contributed by atoms with Crippen molar-refractivity contribution in [1.29, 1.82) is 0 Å². The Balaban J connectivity index is 1.36. The normalized spacial score (nSPS) is 15.5. The van der Waals surface area contributed by atoms with Gasteiger partial charge < -0.3 is 0 Å². The summed E-state index contributed by atoms with van der Waals surface area (Å²) in [6.45, 7) is 4.56. The molecule has 162 valence electrons. The van der Waals surface area contributed by atoms with Gasteiger partial charge >= 0.3 is 0 Å². The van der Waals surface area contributed by atoms with Gasteiger partial charge in [0.25, 0.3) is 5.56 Å². The number of amides is 1. The zero-order valence-corrected chi connectivity index (χ0v) is 19.2. The van der Waals surface area contributed by atoms with Crippen LogP contribution in [0, 0.1) is 0 Å². The molecule has 0 atom stereocenters. The van der Waals surface area contributed by atoms with Crippen molar-refractivity contribution in [3.63, 3.8) is 0 Å². The average Bonchev–Trinajstić information content (AvgIpc) is 3.38. The number of carbonyl (C=O) groups is 1. The van der Waals surface area contributed by atoms with Crippen LogP contribution in [0.1, 0.15) is 53.1 Å². The number of anilines is 1. The second-order valence-corrected chi connectivity index (χ2v) is 10.4. The lowest BCUT2D eigenvalue weighted by Gasteiger charge is -2.18. The van der Waals surface area contributed by atoms with E-state index in [0.29, 0.717) is 13.1 Å². The second kappa shape index (κ2) is 8.67. The third-order valence-corrected chi connectivity index (χ3v) is 8.57. The lowest BCUT2D eigenvalue weighted by Crippen LogP contribution is -2.33. The van der Waals surface area contributed by atoms with Crippen molar-refractivity contribution in [2.45, 2.75) is 64.3 Å². The van der Waals surface area contributed by atoms with Gasteiger partial charge in [-0.15, -0.1) is 29.3 Å². The maximum Gasteiger partial charge on any atom is 0.262 e. The number of aromatic nitrogens is 3. The van der Waals surface area contributed by atoms with Crippen LogP contribution in [-0.2, 0) is 37.0 Å². The van der Waals surface area contributed by atoms with Gasteiger partial charge in [0.1, 0.15) is 4.83 Å². The first kappa shape index (κ1) is 20.6. The topological polar surface area (TPSA) is 68.1 Å². The average molecular weight is 455 g/mol. The van der Waals surface area contributed by atoms with E-state index in [0.717, 1.165) is 59.6 Å². The smallest absolute Gasteiger partial charge is 0.262 e. The molecular weight excluding hydrogens is 428 g/mol. The minimum Gasteiger partial charge on any atom is -0.298 e. The first-order valence-corrected chi connectivity index (χ1v) is 12.7. The highest BCUT2D eigenvalue weighted by Crippen LogP contribution is 2.34. The molecule has 3 heterocycles. The largest absolute Gasteiger partial charge is 0.298 e. The monoisotopic (exact) mass is 454 g/mol. The molecule has 0 unspecified atom stereocenters. The summed E-state index contributed by atoms with van der Waals surface area (Å²) in [7, 11) is 0. The molecule has 0 N–H and O–H groups in total. The molecule has 3 aromatic heterocycles. The molecule has 0 bridgehead atoms. The van der Waals surface area contributed by atoms with Gasteiger partial charge in [-0.1, -0.05) is 6.08 Å². The Labute approximate surface area is 189 Å². The third kappa shape index (κ3) is 3.87. The highest BCUT2D eigenvalue weighted by Gasteiger charge is 2.23. The standard InChI is InChI=1S/C23H26N4O2S2/c1-2-12-27(23-25-16-8-4-6-10-18(16)31-23)19(28)11-13-26-14-24-21-20(22(26)29)15-7-3-5-9-17(15)30-21/h2,14H,1,3-13H2. The summed E-state index contributed by atoms with van der Waals surface area (Å²) in [5.41, 5.74) is 2.31. The van der Waals surface area contributed by atoms with Gasteiger partial charge in [-0.25, -0.2) is 9.97 Å². The van der Waals surface area contributed by atoms with Gasteiger partial charge in [-0.05, 0) is 56.9 Å². The molecule has 3 aromatic rings. The molecule has 5 rings (SSSR count). The molecule has 0 aliphatic heterocycles. The fraction of sp³-hybridized carbons (Fsp3) is 0.478. The lowest BCUT2D eigenvalue weighted by atomic mass is 9.97. The number of aryl methyl sites for hydroxylation is 5. The molecule has 2 aliphatic carbocycles. The summed E-state index contributed by atoms with van der Waals surface area (Å²) < 4.78 is 1.60. The minimum absolute atomic E-state index is 0.0165. The molecule has 0 fully saturated rings. The molecule has 2 aliphatic rings. The van der Waals surface area contributed by atoms with Crippen molar-refractivity contribution in [3.05, 3.63) is 50.3 Å². The first-order chi connectivity index (χ1) is 15.2. The van der Waals surface area contributed by atoms with Crippen molar-refractivity contribution < 1.29 is 4.79 Å². The maximum absolute atomic E-state index is 13.2. The van der Waals surface area contributed by atoms with Crippen LogP contribution in [0.15, 0.2) is 23.8 Å². The highest BCUT2D eigenvalue weighted by atomic mass is 32.1. The summed E-state index contributed by atoms with van der Waals surface area (Å²) in [6.07, 6.45) is 12.3. The van der Waals surface area contributed by atoms with Crippen LogP contribution >= 0.6 is 22.7 Å². The van der Waals surface area contributed by atoms with Crippen LogP contribution in [0.25, 0.3) is 10.2 Å². The zero-order valence-electron chi connectivity index (χ0n) is 17.6. The Bertz CT molecular complexity index is 1180. The molecule has 0 spiro atoms. The molecule has 0 radical (unpaired) electrons. The molecule has 6 nitrogen and oxygen atoms in total. The third-order valence-electron chi connectivity index (χ3n) is 6.19. The number of fused-ring (bicyclic) bond motifs is 4. The number of hydrogen-bond donors (Lipinski definition) is 0. The van der Waals surface area contributed by atoms with Gasteiger partial charge in [-0.2, -0.15) is 0 Å². The van der Waals surface area contributed by atoms with E-state index in [9.17, 15) is 9.59 Å². The quantitative estimate of drug-likeness (QED) is 0.521.